The van der Waals surface area contributed by atoms with Crippen molar-refractivity contribution in [1.82, 2.24) is 25.5 Å². The molecule has 1 saturated heterocycles. The second kappa shape index (κ2) is 6.01. The molecule has 0 spiro atoms. The van der Waals surface area contributed by atoms with Gasteiger partial charge >= 0.3 is 0 Å². The molecule has 1 aliphatic heterocycles. The first-order chi connectivity index (χ1) is 10.2. The predicted molar refractivity (Wildman–Crippen MR) is 78.1 cm³/mol. The quantitative estimate of drug-likeness (QED) is 0.876. The van der Waals surface area contributed by atoms with Crippen LogP contribution in [0.2, 0.25) is 0 Å². The fourth-order valence-corrected chi connectivity index (χ4v) is 2.58. The van der Waals surface area contributed by atoms with Crippen molar-refractivity contribution in [2.24, 2.45) is 5.92 Å². The molecule has 2 heterocycles. The third kappa shape index (κ3) is 3.08. The summed E-state index contributed by atoms with van der Waals surface area (Å²) in [5.74, 6) is 0.134. The van der Waals surface area contributed by atoms with Gasteiger partial charge in [-0.3, -0.25) is 4.79 Å². The van der Waals surface area contributed by atoms with E-state index in [-0.39, 0.29) is 11.8 Å². The largest absolute Gasteiger partial charge is 0.326 e. The minimum Gasteiger partial charge on any atom is -0.326 e. The van der Waals surface area contributed by atoms with Gasteiger partial charge in [0.05, 0.1) is 11.6 Å². The summed E-state index contributed by atoms with van der Waals surface area (Å²) in [6, 6.07) is 5.71. The van der Waals surface area contributed by atoms with Crippen LogP contribution in [0.1, 0.15) is 18.4 Å². The van der Waals surface area contributed by atoms with E-state index in [4.69, 9.17) is 0 Å². The van der Waals surface area contributed by atoms with Gasteiger partial charge in [-0.15, -0.1) is 5.10 Å². The maximum Gasteiger partial charge on any atom is 0.228 e. The van der Waals surface area contributed by atoms with E-state index in [0.717, 1.165) is 42.9 Å². The van der Waals surface area contributed by atoms with Crippen LogP contribution in [0.3, 0.4) is 0 Å². The number of aryl methyl sites for hydroxylation is 1. The van der Waals surface area contributed by atoms with Gasteiger partial charge in [0.25, 0.3) is 0 Å². The molecule has 110 valence electrons. The number of carbonyl (C=O) groups is 1. The summed E-state index contributed by atoms with van der Waals surface area (Å²) in [4.78, 5) is 12.2. The van der Waals surface area contributed by atoms with Crippen LogP contribution >= 0.6 is 0 Å². The van der Waals surface area contributed by atoms with E-state index in [1.54, 1.807) is 11.0 Å². The summed E-state index contributed by atoms with van der Waals surface area (Å²) in [6.07, 6.45) is 3.55. The van der Waals surface area contributed by atoms with E-state index in [1.165, 1.54) is 0 Å². The Labute approximate surface area is 122 Å². The zero-order chi connectivity index (χ0) is 14.7. The summed E-state index contributed by atoms with van der Waals surface area (Å²) >= 11 is 0. The summed E-state index contributed by atoms with van der Waals surface area (Å²) in [6.45, 7) is 3.73. The Morgan fingerprint density at radius 2 is 2.38 bits per heavy atom. The van der Waals surface area contributed by atoms with Crippen molar-refractivity contribution >= 4 is 11.6 Å². The molecular weight excluding hydrogens is 268 g/mol. The minimum absolute atomic E-state index is 0.0539. The summed E-state index contributed by atoms with van der Waals surface area (Å²) in [5, 5.41) is 17.4. The van der Waals surface area contributed by atoms with E-state index in [2.05, 4.69) is 26.2 Å². The van der Waals surface area contributed by atoms with Gasteiger partial charge in [-0.25, -0.2) is 4.68 Å². The van der Waals surface area contributed by atoms with Crippen molar-refractivity contribution in [3.63, 3.8) is 0 Å². The molecule has 1 aromatic carbocycles. The molecule has 0 unspecified atom stereocenters. The smallest absolute Gasteiger partial charge is 0.228 e. The molecule has 0 radical (unpaired) electrons. The molecule has 1 aliphatic rings. The van der Waals surface area contributed by atoms with Crippen LogP contribution in [-0.4, -0.2) is 39.2 Å². The number of anilines is 1. The van der Waals surface area contributed by atoms with Gasteiger partial charge in [0.2, 0.25) is 5.91 Å². The lowest BCUT2D eigenvalue weighted by Crippen LogP contribution is -2.37. The molecule has 21 heavy (non-hydrogen) atoms. The number of piperidine rings is 1. The summed E-state index contributed by atoms with van der Waals surface area (Å²) in [5.41, 5.74) is 2.71. The van der Waals surface area contributed by atoms with Crippen molar-refractivity contribution in [1.29, 1.82) is 0 Å². The fourth-order valence-electron chi connectivity index (χ4n) is 2.58. The number of rotatable bonds is 3. The van der Waals surface area contributed by atoms with Gasteiger partial charge < -0.3 is 10.6 Å². The molecule has 1 aromatic heterocycles. The summed E-state index contributed by atoms with van der Waals surface area (Å²) in [7, 11) is 0. The molecule has 0 bridgehead atoms. The number of hydrogen-bond acceptors (Lipinski definition) is 5. The SMILES string of the molecule is Cc1cc(NC(=O)[C@H]2CCCNC2)ccc1-n1cnnn1. The maximum absolute atomic E-state index is 12.2. The molecule has 7 nitrogen and oxygen atoms in total. The number of nitrogens with zero attached hydrogens (tertiary/aromatic N) is 4. The summed E-state index contributed by atoms with van der Waals surface area (Å²) < 4.78 is 1.60. The Morgan fingerprint density at radius 1 is 1.48 bits per heavy atom. The van der Waals surface area contributed by atoms with Crippen molar-refractivity contribution in [3.05, 3.63) is 30.1 Å². The van der Waals surface area contributed by atoms with Crippen molar-refractivity contribution in [2.45, 2.75) is 19.8 Å². The van der Waals surface area contributed by atoms with E-state index in [0.29, 0.717) is 0 Å². The van der Waals surface area contributed by atoms with E-state index in [1.807, 2.05) is 25.1 Å². The predicted octanol–water partition coefficient (Wildman–Crippen LogP) is 0.909. The number of hydrogen-bond donors (Lipinski definition) is 2. The average molecular weight is 286 g/mol. The maximum atomic E-state index is 12.2. The minimum atomic E-state index is 0.0539. The Morgan fingerprint density at radius 3 is 3.05 bits per heavy atom. The van der Waals surface area contributed by atoms with Crippen LogP contribution in [0.4, 0.5) is 5.69 Å². The van der Waals surface area contributed by atoms with Gasteiger partial charge in [0.1, 0.15) is 6.33 Å². The van der Waals surface area contributed by atoms with E-state index in [9.17, 15) is 4.79 Å². The molecule has 1 atom stereocenters. The first kappa shape index (κ1) is 13.7. The highest BCUT2D eigenvalue weighted by atomic mass is 16.1. The molecule has 1 fully saturated rings. The zero-order valence-electron chi connectivity index (χ0n) is 11.9. The Bertz CT molecular complexity index is 618. The van der Waals surface area contributed by atoms with E-state index >= 15 is 0 Å². The van der Waals surface area contributed by atoms with Gasteiger partial charge in [-0.1, -0.05) is 0 Å². The molecule has 0 saturated carbocycles. The standard InChI is InChI=1S/C14H18N6O/c1-10-7-12(4-5-13(10)20-9-16-18-19-20)17-14(21)11-3-2-6-15-8-11/h4-5,7,9,11,15H,2-3,6,8H2,1H3,(H,17,21)/t11-/m0/s1. The number of carbonyl (C=O) groups excluding carboxylic acids is 1. The van der Waals surface area contributed by atoms with Gasteiger partial charge in [-0.2, -0.15) is 0 Å². The number of benzene rings is 1. The highest BCUT2D eigenvalue weighted by Gasteiger charge is 2.20. The second-order valence-electron chi connectivity index (χ2n) is 5.29. The van der Waals surface area contributed by atoms with Crippen LogP contribution in [0.25, 0.3) is 5.69 Å². The van der Waals surface area contributed by atoms with Crippen LogP contribution in [0.15, 0.2) is 24.5 Å². The topological polar surface area (TPSA) is 84.7 Å². The van der Waals surface area contributed by atoms with Gasteiger partial charge in [-0.05, 0) is 60.5 Å². The fraction of sp³-hybridized carbons (Fsp3) is 0.429. The van der Waals surface area contributed by atoms with Crippen LogP contribution < -0.4 is 10.6 Å². The molecule has 7 heteroatoms. The number of aromatic nitrogens is 4. The first-order valence-corrected chi connectivity index (χ1v) is 7.09. The molecule has 2 N–H and O–H groups in total. The molecule has 0 aliphatic carbocycles. The first-order valence-electron chi connectivity index (χ1n) is 7.09. The van der Waals surface area contributed by atoms with Crippen molar-refractivity contribution < 1.29 is 4.79 Å². The Kier molecular flexibility index (Phi) is 3.92. The third-order valence-electron chi connectivity index (χ3n) is 3.73. The van der Waals surface area contributed by atoms with Crippen LogP contribution in [-0.2, 0) is 4.79 Å². The molecule has 3 rings (SSSR count). The lowest BCUT2D eigenvalue weighted by atomic mass is 9.98. The Balaban J connectivity index is 1.72. The molecule has 1 amide bonds. The number of nitrogens with one attached hydrogen (secondary N) is 2. The van der Waals surface area contributed by atoms with Crippen molar-refractivity contribution in [3.8, 4) is 5.69 Å². The number of tetrazole rings is 1. The number of amides is 1. The lowest BCUT2D eigenvalue weighted by molar-refractivity contribution is -0.120. The second-order valence-corrected chi connectivity index (χ2v) is 5.29. The normalized spacial score (nSPS) is 18.4. The lowest BCUT2D eigenvalue weighted by Gasteiger charge is -2.22. The average Bonchev–Trinajstić information content (AvgIpc) is 3.02. The third-order valence-corrected chi connectivity index (χ3v) is 3.73. The van der Waals surface area contributed by atoms with Crippen LogP contribution in [0.5, 0.6) is 0 Å². The van der Waals surface area contributed by atoms with Crippen molar-refractivity contribution in [2.75, 3.05) is 18.4 Å². The molecule has 2 aromatic rings. The monoisotopic (exact) mass is 286 g/mol. The van der Waals surface area contributed by atoms with E-state index < -0.39 is 0 Å². The van der Waals surface area contributed by atoms with Gasteiger partial charge in [0, 0.05) is 12.2 Å². The molecular formula is C14H18N6O. The highest BCUT2D eigenvalue weighted by molar-refractivity contribution is 5.93. The van der Waals surface area contributed by atoms with Gasteiger partial charge in [0.15, 0.2) is 0 Å². The van der Waals surface area contributed by atoms with Crippen LogP contribution in [0, 0.1) is 12.8 Å². The Hall–Kier alpha value is -2.28. The zero-order valence-corrected chi connectivity index (χ0v) is 11.9. The highest BCUT2D eigenvalue weighted by Crippen LogP contribution is 2.19.